The first kappa shape index (κ1) is 40.2. The summed E-state index contributed by atoms with van der Waals surface area (Å²) in [6, 6.07) is 35.5. The van der Waals surface area contributed by atoms with Gasteiger partial charge in [0.15, 0.2) is 0 Å². The third-order valence-electron chi connectivity index (χ3n) is 9.39. The lowest BCUT2D eigenvalue weighted by Crippen LogP contribution is -2.71. The molecule has 2 N–H and O–H groups in total. The summed E-state index contributed by atoms with van der Waals surface area (Å²) in [5.41, 5.74) is 2.66. The van der Waals surface area contributed by atoms with Gasteiger partial charge >= 0.3 is 5.97 Å². The Kier molecular flexibility index (Phi) is 12.8. The van der Waals surface area contributed by atoms with E-state index >= 15 is 0 Å². The van der Waals surface area contributed by atoms with Crippen LogP contribution in [0.25, 0.3) is 0 Å². The van der Waals surface area contributed by atoms with Gasteiger partial charge in [0, 0.05) is 23.2 Å². The lowest BCUT2D eigenvalue weighted by Gasteiger charge is -2.49. The van der Waals surface area contributed by atoms with Gasteiger partial charge in [-0.3, -0.25) is 14.5 Å². The first-order valence-electron chi connectivity index (χ1n) is 17.9. The Morgan fingerprint density at radius 3 is 2.16 bits per heavy atom. The van der Waals surface area contributed by atoms with Gasteiger partial charge in [0.05, 0.1) is 7.11 Å². The molecule has 296 valence electrons. The second kappa shape index (κ2) is 18.5. The number of allylic oxidation sites excluding steroid dienone is 2. The van der Waals surface area contributed by atoms with Crippen molar-refractivity contribution in [1.82, 2.24) is 19.6 Å². The summed E-state index contributed by atoms with van der Waals surface area (Å²) < 4.78 is 28.6. The SMILES string of the molecule is COc1ccc(COC(=O)C2=C(/C=C/CCl)CS[C@@H]3[C@H](NC(=O)/C(=N\OCF)c4nsc(NC(c5ccccc5)(c5ccccc5)c5ccccc5)n4)C(=O)N23)cc1. The number of hydrogen-bond acceptors (Lipinski definition) is 12. The molecule has 0 aliphatic carbocycles. The number of esters is 1. The highest BCUT2D eigenvalue weighted by molar-refractivity contribution is 8.00. The summed E-state index contributed by atoms with van der Waals surface area (Å²) in [6.45, 7) is -1.38. The number of oxime groups is 1. The number of carbonyl (C=O) groups is 3. The molecule has 2 amide bonds. The van der Waals surface area contributed by atoms with Gasteiger partial charge in [-0.15, -0.1) is 23.4 Å². The molecule has 0 saturated carbocycles. The molecular weight excluding hydrogens is 803 g/mol. The van der Waals surface area contributed by atoms with E-state index < -0.39 is 47.3 Å². The molecule has 0 spiro atoms. The number of nitrogens with one attached hydrogen (secondary N) is 2. The second-order valence-corrected chi connectivity index (χ2v) is 15.0. The van der Waals surface area contributed by atoms with Crippen LogP contribution in [0.5, 0.6) is 5.75 Å². The number of ether oxygens (including phenoxy) is 2. The molecule has 16 heteroatoms. The molecule has 1 fully saturated rings. The lowest BCUT2D eigenvalue weighted by molar-refractivity contribution is -0.153. The molecule has 58 heavy (non-hydrogen) atoms. The smallest absolute Gasteiger partial charge is 0.355 e. The third kappa shape index (κ3) is 8.33. The predicted octanol–water partition coefficient (Wildman–Crippen LogP) is 6.79. The average Bonchev–Trinajstić information content (AvgIpc) is 3.74. The molecule has 1 aromatic heterocycles. The van der Waals surface area contributed by atoms with Gasteiger partial charge in [0.1, 0.15) is 35.0 Å². The highest BCUT2D eigenvalue weighted by Crippen LogP contribution is 2.42. The Labute approximate surface area is 346 Å². The quantitative estimate of drug-likeness (QED) is 0.0272. The number of alkyl halides is 2. The van der Waals surface area contributed by atoms with Crippen molar-refractivity contribution < 1.29 is 33.1 Å². The molecule has 0 unspecified atom stereocenters. The molecule has 2 aliphatic heterocycles. The molecule has 2 aliphatic rings. The van der Waals surface area contributed by atoms with Gasteiger partial charge in [0.2, 0.25) is 16.7 Å². The molecule has 0 bridgehead atoms. The number of methoxy groups -OCH3 is 1. The van der Waals surface area contributed by atoms with Gasteiger partial charge in [-0.1, -0.05) is 120 Å². The average molecular weight is 839 g/mol. The van der Waals surface area contributed by atoms with Crippen LogP contribution in [0.3, 0.4) is 0 Å². The van der Waals surface area contributed by atoms with E-state index in [1.165, 1.54) is 16.7 Å². The van der Waals surface area contributed by atoms with E-state index in [0.717, 1.165) is 33.8 Å². The summed E-state index contributed by atoms with van der Waals surface area (Å²) in [5.74, 6) is -1.14. The summed E-state index contributed by atoms with van der Waals surface area (Å²) >= 11 is 8.22. The number of carbonyl (C=O) groups excluding carboxylic acids is 3. The number of aromatic nitrogens is 2. The van der Waals surface area contributed by atoms with Crippen LogP contribution < -0.4 is 15.4 Å². The molecule has 2 atom stereocenters. The van der Waals surface area contributed by atoms with Gasteiger partial charge < -0.3 is 24.9 Å². The van der Waals surface area contributed by atoms with Crippen molar-refractivity contribution in [3.63, 3.8) is 0 Å². The number of rotatable bonds is 16. The minimum Gasteiger partial charge on any atom is -0.497 e. The number of β-lactam (4-membered cyclic amide) rings is 1. The van der Waals surface area contributed by atoms with E-state index in [9.17, 15) is 18.8 Å². The number of halogens is 2. The normalized spacial score (nSPS) is 16.7. The van der Waals surface area contributed by atoms with Crippen molar-refractivity contribution in [3.05, 3.63) is 167 Å². The summed E-state index contributed by atoms with van der Waals surface area (Å²) in [6.07, 6.45) is 3.35. The molecule has 5 aromatic rings. The maximum atomic E-state index is 13.9. The van der Waals surface area contributed by atoms with E-state index in [-0.39, 0.29) is 24.0 Å². The Hall–Kier alpha value is -6.03. The number of anilines is 1. The van der Waals surface area contributed by atoms with Crippen LogP contribution in [0.4, 0.5) is 9.52 Å². The minimum absolute atomic E-state index is 0.0477. The standard InChI is InChI=1S/C42H36ClFN6O6S2/c1-54-32-21-19-27(20-22-32)24-55-40(53)35-28(12-11-23-43)25-57-39-34(38(52)50(35)39)45-37(51)33(48-56-26-44)36-46-41(58-49-36)47-42(29-13-5-2-6-14-29,30-15-7-3-8-16-30)31-17-9-4-10-18-31/h2-22,34,39H,23-26H2,1H3,(H,45,51)(H,46,47,49)/b12-11+,48-33-/t34-,39-/m1/s1. The summed E-state index contributed by atoms with van der Waals surface area (Å²) in [4.78, 5) is 51.9. The number of fused-ring (bicyclic) bond motifs is 1. The van der Waals surface area contributed by atoms with Gasteiger partial charge in [-0.25, -0.2) is 9.18 Å². The largest absolute Gasteiger partial charge is 0.497 e. The molecule has 7 rings (SSSR count). The fraction of sp³-hybridized carbons (Fsp3) is 0.190. The summed E-state index contributed by atoms with van der Waals surface area (Å²) in [7, 11) is 1.56. The van der Waals surface area contributed by atoms with Gasteiger partial charge in [-0.05, 0) is 40.0 Å². The zero-order valence-electron chi connectivity index (χ0n) is 30.9. The number of hydrogen-bond donors (Lipinski definition) is 2. The molecule has 1 saturated heterocycles. The molecule has 4 aromatic carbocycles. The maximum Gasteiger partial charge on any atom is 0.355 e. The van der Waals surface area contributed by atoms with E-state index in [2.05, 4.69) is 25.1 Å². The van der Waals surface area contributed by atoms with Gasteiger partial charge in [0.25, 0.3) is 18.7 Å². The molecular formula is C42H36ClFN6O6S2. The minimum atomic E-state index is -1.33. The van der Waals surface area contributed by atoms with E-state index in [4.69, 9.17) is 25.9 Å². The highest BCUT2D eigenvalue weighted by atomic mass is 35.5. The first-order valence-corrected chi connectivity index (χ1v) is 20.3. The van der Waals surface area contributed by atoms with Crippen LogP contribution >= 0.6 is 34.9 Å². The van der Waals surface area contributed by atoms with Crippen LogP contribution in [0.1, 0.15) is 28.1 Å². The monoisotopic (exact) mass is 838 g/mol. The predicted molar refractivity (Wildman–Crippen MR) is 221 cm³/mol. The van der Waals surface area contributed by atoms with Crippen molar-refractivity contribution >= 4 is 63.5 Å². The number of benzene rings is 4. The molecule has 12 nitrogen and oxygen atoms in total. The van der Waals surface area contributed by atoms with Crippen molar-refractivity contribution in [2.45, 2.75) is 23.6 Å². The topological polar surface area (TPSA) is 144 Å². The third-order valence-corrected chi connectivity index (χ3v) is 11.5. The van der Waals surface area contributed by atoms with Crippen LogP contribution in [0.2, 0.25) is 0 Å². The molecule has 0 radical (unpaired) electrons. The van der Waals surface area contributed by atoms with E-state index in [1.54, 1.807) is 43.5 Å². The number of nitrogens with zero attached hydrogens (tertiary/aromatic N) is 4. The van der Waals surface area contributed by atoms with Crippen LogP contribution in [-0.4, -0.2) is 74.8 Å². The Balaban J connectivity index is 1.13. The highest BCUT2D eigenvalue weighted by Gasteiger charge is 2.54. The zero-order valence-corrected chi connectivity index (χ0v) is 33.3. The summed E-state index contributed by atoms with van der Waals surface area (Å²) in [5, 5.41) is 9.66. The van der Waals surface area contributed by atoms with Crippen molar-refractivity contribution in [2.75, 3.05) is 30.9 Å². The van der Waals surface area contributed by atoms with E-state index in [0.29, 0.717) is 22.2 Å². The second-order valence-electron chi connectivity index (χ2n) is 12.8. The Morgan fingerprint density at radius 1 is 0.966 bits per heavy atom. The van der Waals surface area contributed by atoms with Crippen molar-refractivity contribution in [3.8, 4) is 5.75 Å². The van der Waals surface area contributed by atoms with Crippen molar-refractivity contribution in [2.24, 2.45) is 5.16 Å². The fourth-order valence-electron chi connectivity index (χ4n) is 6.68. The van der Waals surface area contributed by atoms with Crippen LogP contribution in [0.15, 0.2) is 144 Å². The number of amides is 2. The van der Waals surface area contributed by atoms with E-state index in [1.807, 2.05) is 91.0 Å². The molecule has 3 heterocycles. The lowest BCUT2D eigenvalue weighted by atomic mass is 9.77. The fourth-order valence-corrected chi connectivity index (χ4v) is 8.71. The van der Waals surface area contributed by atoms with Crippen LogP contribution in [-0.2, 0) is 36.1 Å². The zero-order chi connectivity index (χ0) is 40.5. The maximum absolute atomic E-state index is 13.9. The number of thioether (sulfide) groups is 1. The Bertz CT molecular complexity index is 2230. The van der Waals surface area contributed by atoms with Gasteiger partial charge in [-0.2, -0.15) is 9.36 Å². The first-order chi connectivity index (χ1) is 28.4. The van der Waals surface area contributed by atoms with Crippen molar-refractivity contribution in [1.29, 1.82) is 0 Å². The van der Waals surface area contributed by atoms with Crippen LogP contribution in [0, 0.1) is 0 Å². The Morgan fingerprint density at radius 2 is 1.59 bits per heavy atom.